The van der Waals surface area contributed by atoms with Gasteiger partial charge in [-0.3, -0.25) is 13.8 Å². The Bertz CT molecular complexity index is 1030. The summed E-state index contributed by atoms with van der Waals surface area (Å²) in [4.78, 5) is 23.1. The summed E-state index contributed by atoms with van der Waals surface area (Å²) in [5, 5.41) is 13.8. The van der Waals surface area contributed by atoms with Crippen LogP contribution in [0, 0.1) is 0 Å². The van der Waals surface area contributed by atoms with Crippen LogP contribution in [0.4, 0.5) is 0 Å². The molecule has 3 unspecified atom stereocenters. The van der Waals surface area contributed by atoms with Crippen LogP contribution < -0.4 is 5.32 Å². The largest absolute Gasteiger partial charge is 0.472 e. The summed E-state index contributed by atoms with van der Waals surface area (Å²) < 4.78 is 23.5. The van der Waals surface area contributed by atoms with Gasteiger partial charge in [0.05, 0.1) is 39.9 Å². The number of phosphoric ester groups is 1. The molecule has 8 nitrogen and oxygen atoms in total. The van der Waals surface area contributed by atoms with Crippen LogP contribution in [0.1, 0.15) is 213 Å². The number of quaternary nitrogens is 1. The number of carbonyl (C=O) groups is 1. The van der Waals surface area contributed by atoms with Crippen molar-refractivity contribution in [3.8, 4) is 0 Å². The van der Waals surface area contributed by atoms with E-state index in [0.29, 0.717) is 17.4 Å². The van der Waals surface area contributed by atoms with Gasteiger partial charge in [0, 0.05) is 6.42 Å². The maximum atomic E-state index is 12.9. The maximum absolute atomic E-state index is 12.9. The lowest BCUT2D eigenvalue weighted by Crippen LogP contribution is -2.45. The molecule has 0 bridgehead atoms. The molecule has 0 aromatic rings. The topological polar surface area (TPSA) is 105 Å². The van der Waals surface area contributed by atoms with Crippen LogP contribution in [0.5, 0.6) is 0 Å². The standard InChI is InChI=1S/C48H93N2O6P/c1-6-8-10-12-14-16-18-19-20-21-22-23-24-25-26-27-28-29-30-31-32-34-36-38-40-42-48(52)49-46(45-56-57(53,54)55-44-43-50(3,4)5)47(51)41-39-37-35-33-17-15-13-11-9-7-2/h22-23,25-26,39,41,46-47,51H,6-21,24,27-38,40,42-45H2,1-5H3,(H-,49,52,53,54)/p+1/b23-22-,26-25-,41-39+. The van der Waals surface area contributed by atoms with Crippen LogP contribution >= 0.6 is 7.82 Å². The lowest BCUT2D eigenvalue weighted by Gasteiger charge is -2.25. The minimum absolute atomic E-state index is 0.0602. The first-order valence-corrected chi connectivity index (χ1v) is 25.4. The Labute approximate surface area is 353 Å². The van der Waals surface area contributed by atoms with E-state index >= 15 is 0 Å². The lowest BCUT2D eigenvalue weighted by molar-refractivity contribution is -0.870. The fraction of sp³-hybridized carbons (Fsp3) is 0.854. The Balaban J connectivity index is 4.20. The highest BCUT2D eigenvalue weighted by Crippen LogP contribution is 2.43. The molecule has 0 saturated heterocycles. The summed E-state index contributed by atoms with van der Waals surface area (Å²) in [5.74, 6) is -0.183. The molecular weight excluding hydrogens is 732 g/mol. The number of phosphoric acid groups is 1. The van der Waals surface area contributed by atoms with Crippen molar-refractivity contribution in [1.82, 2.24) is 5.32 Å². The van der Waals surface area contributed by atoms with E-state index < -0.39 is 20.0 Å². The van der Waals surface area contributed by atoms with Gasteiger partial charge < -0.3 is 19.8 Å². The molecule has 0 aliphatic carbocycles. The smallest absolute Gasteiger partial charge is 0.387 e. The van der Waals surface area contributed by atoms with Crippen LogP contribution in [0.15, 0.2) is 36.5 Å². The molecule has 336 valence electrons. The second kappa shape index (κ2) is 40.1. The summed E-state index contributed by atoms with van der Waals surface area (Å²) in [6.45, 7) is 4.79. The van der Waals surface area contributed by atoms with E-state index in [-0.39, 0.29) is 19.1 Å². The minimum atomic E-state index is -4.33. The number of unbranched alkanes of at least 4 members (excludes halogenated alkanes) is 26. The minimum Gasteiger partial charge on any atom is -0.387 e. The first-order chi connectivity index (χ1) is 27.5. The van der Waals surface area contributed by atoms with Crippen molar-refractivity contribution in [2.45, 2.75) is 225 Å². The number of nitrogens with zero attached hydrogens (tertiary/aromatic N) is 1. The summed E-state index contributed by atoms with van der Waals surface area (Å²) in [6.07, 6.45) is 49.4. The normalized spacial score (nSPS) is 14.6. The molecule has 0 aliphatic heterocycles. The van der Waals surface area contributed by atoms with Crippen LogP contribution in [-0.4, -0.2) is 73.4 Å². The number of amides is 1. The van der Waals surface area contributed by atoms with Crippen molar-refractivity contribution < 1.29 is 32.9 Å². The van der Waals surface area contributed by atoms with Gasteiger partial charge in [0.1, 0.15) is 13.2 Å². The van der Waals surface area contributed by atoms with Crippen molar-refractivity contribution >= 4 is 13.7 Å². The fourth-order valence-electron chi connectivity index (χ4n) is 6.78. The number of allylic oxidation sites excluding steroid dienone is 5. The number of likely N-dealkylation sites (N-methyl/N-ethyl adjacent to an activating group) is 1. The quantitative estimate of drug-likeness (QED) is 0.0245. The molecular formula is C48H94N2O6P+. The first-order valence-electron chi connectivity index (χ1n) is 23.9. The molecule has 0 rings (SSSR count). The van der Waals surface area contributed by atoms with Gasteiger partial charge in [0.25, 0.3) is 0 Å². The average Bonchev–Trinajstić information content (AvgIpc) is 3.16. The summed E-state index contributed by atoms with van der Waals surface area (Å²) in [7, 11) is 1.57. The molecule has 3 atom stereocenters. The maximum Gasteiger partial charge on any atom is 0.472 e. The SMILES string of the molecule is CCCCCCCCCC/C=C/C(O)C(COP(=O)(O)OCC[N+](C)(C)C)NC(=O)CCCCCCCCCCC/C=C\C/C=C\CCCCCCCCCCC. The van der Waals surface area contributed by atoms with E-state index in [1.807, 2.05) is 27.2 Å². The molecule has 0 aromatic carbocycles. The van der Waals surface area contributed by atoms with Crippen LogP contribution in [0.25, 0.3) is 0 Å². The number of aliphatic hydroxyl groups excluding tert-OH is 1. The number of hydrogen-bond donors (Lipinski definition) is 3. The van der Waals surface area contributed by atoms with Crippen LogP contribution in [0.2, 0.25) is 0 Å². The Morgan fingerprint density at radius 2 is 1.00 bits per heavy atom. The van der Waals surface area contributed by atoms with Gasteiger partial charge in [0.2, 0.25) is 5.91 Å². The third-order valence-electron chi connectivity index (χ3n) is 10.6. The highest BCUT2D eigenvalue weighted by molar-refractivity contribution is 7.47. The summed E-state index contributed by atoms with van der Waals surface area (Å²) in [5.41, 5.74) is 0. The van der Waals surface area contributed by atoms with Crippen LogP contribution in [-0.2, 0) is 18.4 Å². The number of carbonyl (C=O) groups excluding carboxylic acids is 1. The molecule has 0 spiro atoms. The molecule has 0 aromatic heterocycles. The number of hydrogen-bond acceptors (Lipinski definition) is 5. The van der Waals surface area contributed by atoms with E-state index in [2.05, 4.69) is 43.5 Å². The van der Waals surface area contributed by atoms with Gasteiger partial charge in [-0.05, 0) is 51.4 Å². The molecule has 0 aliphatic rings. The van der Waals surface area contributed by atoms with Gasteiger partial charge in [-0.2, -0.15) is 0 Å². The van der Waals surface area contributed by atoms with Crippen molar-refractivity contribution in [2.24, 2.45) is 0 Å². The van der Waals surface area contributed by atoms with Gasteiger partial charge in [0.15, 0.2) is 0 Å². The zero-order valence-corrected chi connectivity index (χ0v) is 39.0. The molecule has 0 fully saturated rings. The van der Waals surface area contributed by atoms with Crippen LogP contribution in [0.3, 0.4) is 0 Å². The number of nitrogens with one attached hydrogen (secondary N) is 1. The van der Waals surface area contributed by atoms with E-state index in [4.69, 9.17) is 9.05 Å². The number of rotatable bonds is 43. The van der Waals surface area contributed by atoms with E-state index in [1.54, 1.807) is 6.08 Å². The Morgan fingerprint density at radius 3 is 1.44 bits per heavy atom. The van der Waals surface area contributed by atoms with E-state index in [9.17, 15) is 19.4 Å². The summed E-state index contributed by atoms with van der Waals surface area (Å²) in [6, 6.07) is -0.846. The van der Waals surface area contributed by atoms with Crippen molar-refractivity contribution in [3.05, 3.63) is 36.5 Å². The average molecular weight is 826 g/mol. The van der Waals surface area contributed by atoms with Crippen molar-refractivity contribution in [1.29, 1.82) is 0 Å². The first kappa shape index (κ1) is 55.7. The monoisotopic (exact) mass is 826 g/mol. The van der Waals surface area contributed by atoms with Gasteiger partial charge in [-0.25, -0.2) is 4.57 Å². The molecule has 3 N–H and O–H groups in total. The highest BCUT2D eigenvalue weighted by Gasteiger charge is 2.27. The predicted molar refractivity (Wildman–Crippen MR) is 244 cm³/mol. The van der Waals surface area contributed by atoms with Crippen molar-refractivity contribution in [3.63, 3.8) is 0 Å². The number of aliphatic hydroxyl groups is 1. The Morgan fingerprint density at radius 1 is 0.596 bits per heavy atom. The second-order valence-electron chi connectivity index (χ2n) is 17.5. The van der Waals surface area contributed by atoms with E-state index in [1.165, 1.54) is 148 Å². The molecule has 1 amide bonds. The third-order valence-corrected chi connectivity index (χ3v) is 11.6. The second-order valence-corrected chi connectivity index (χ2v) is 18.9. The van der Waals surface area contributed by atoms with Gasteiger partial charge in [-0.1, -0.05) is 192 Å². The Hall–Kier alpha value is -1.28. The lowest BCUT2D eigenvalue weighted by atomic mass is 10.0. The van der Waals surface area contributed by atoms with E-state index in [0.717, 1.165) is 44.9 Å². The molecule has 0 saturated carbocycles. The highest BCUT2D eigenvalue weighted by atomic mass is 31.2. The van der Waals surface area contributed by atoms with Gasteiger partial charge in [-0.15, -0.1) is 0 Å². The summed E-state index contributed by atoms with van der Waals surface area (Å²) >= 11 is 0. The molecule has 0 radical (unpaired) electrons. The zero-order chi connectivity index (χ0) is 42.1. The van der Waals surface area contributed by atoms with Gasteiger partial charge >= 0.3 is 7.82 Å². The molecule has 57 heavy (non-hydrogen) atoms. The molecule has 9 heteroatoms. The molecule has 0 heterocycles. The predicted octanol–water partition coefficient (Wildman–Crippen LogP) is 13.5. The van der Waals surface area contributed by atoms with Crippen molar-refractivity contribution in [2.75, 3.05) is 40.9 Å². The Kier molecular flexibility index (Phi) is 39.2. The zero-order valence-electron chi connectivity index (χ0n) is 38.1. The third kappa shape index (κ3) is 42.6. The fourth-order valence-corrected chi connectivity index (χ4v) is 7.51.